The van der Waals surface area contributed by atoms with Gasteiger partial charge in [-0.2, -0.15) is 0 Å². The quantitative estimate of drug-likeness (QED) is 0.891. The van der Waals surface area contributed by atoms with Gasteiger partial charge in [0.05, 0.1) is 11.7 Å². The van der Waals surface area contributed by atoms with Gasteiger partial charge in [-0.25, -0.2) is 4.98 Å². The van der Waals surface area contributed by atoms with E-state index in [2.05, 4.69) is 10.3 Å². The number of hydrogen-bond acceptors (Lipinski definition) is 4. The van der Waals surface area contributed by atoms with Gasteiger partial charge in [0.25, 0.3) is 5.56 Å². The van der Waals surface area contributed by atoms with Crippen LogP contribution in [0, 0.1) is 5.92 Å². The van der Waals surface area contributed by atoms with E-state index < -0.39 is 0 Å². The summed E-state index contributed by atoms with van der Waals surface area (Å²) in [7, 11) is 0. The molecule has 2 aromatic rings. The van der Waals surface area contributed by atoms with Crippen LogP contribution >= 0.6 is 11.3 Å². The molecule has 1 aliphatic carbocycles. The van der Waals surface area contributed by atoms with E-state index >= 15 is 0 Å². The van der Waals surface area contributed by atoms with Crippen LogP contribution in [0.15, 0.2) is 11.1 Å². The molecule has 0 bridgehead atoms. The highest BCUT2D eigenvalue weighted by Crippen LogP contribution is 2.32. The van der Waals surface area contributed by atoms with Gasteiger partial charge in [-0.05, 0) is 37.3 Å². The third-order valence-electron chi connectivity index (χ3n) is 3.85. The molecule has 5 heteroatoms. The maximum atomic E-state index is 12.5. The molecule has 4 nitrogen and oxygen atoms in total. The summed E-state index contributed by atoms with van der Waals surface area (Å²) in [4.78, 5) is 19.2. The van der Waals surface area contributed by atoms with Crippen LogP contribution in [0.3, 0.4) is 0 Å². The average molecular weight is 261 g/mol. The van der Waals surface area contributed by atoms with Crippen molar-refractivity contribution in [3.05, 3.63) is 27.1 Å². The summed E-state index contributed by atoms with van der Waals surface area (Å²) in [5, 5.41) is 4.24. The van der Waals surface area contributed by atoms with Crippen molar-refractivity contribution in [2.45, 2.75) is 32.4 Å². The summed E-state index contributed by atoms with van der Waals surface area (Å²) in [6.07, 6.45) is 5.21. The summed E-state index contributed by atoms with van der Waals surface area (Å²) in [5.41, 5.74) is 1.42. The van der Waals surface area contributed by atoms with Gasteiger partial charge in [0.1, 0.15) is 4.83 Å². The molecule has 2 aliphatic rings. The summed E-state index contributed by atoms with van der Waals surface area (Å²) in [6, 6.07) is 0. The Morgan fingerprint density at radius 1 is 1.50 bits per heavy atom. The van der Waals surface area contributed by atoms with Crippen molar-refractivity contribution >= 4 is 21.6 Å². The Labute approximate surface area is 109 Å². The topological polar surface area (TPSA) is 46.9 Å². The molecule has 4 rings (SSSR count). The minimum atomic E-state index is 0.173. The number of aromatic nitrogens is 2. The molecule has 0 aromatic carbocycles. The van der Waals surface area contributed by atoms with Gasteiger partial charge in [0.15, 0.2) is 0 Å². The molecule has 0 unspecified atom stereocenters. The maximum absolute atomic E-state index is 12.5. The van der Waals surface area contributed by atoms with Crippen molar-refractivity contribution in [1.82, 2.24) is 14.9 Å². The van der Waals surface area contributed by atoms with Gasteiger partial charge in [-0.1, -0.05) is 0 Å². The van der Waals surface area contributed by atoms with Crippen LogP contribution in [-0.4, -0.2) is 16.1 Å². The van der Waals surface area contributed by atoms with E-state index in [0.29, 0.717) is 5.92 Å². The predicted molar refractivity (Wildman–Crippen MR) is 72.0 cm³/mol. The fraction of sp³-hybridized carbons (Fsp3) is 0.538. The first-order valence-corrected chi connectivity index (χ1v) is 7.35. The lowest BCUT2D eigenvalue weighted by atomic mass is 10.1. The molecule has 1 N–H and O–H groups in total. The van der Waals surface area contributed by atoms with Gasteiger partial charge >= 0.3 is 0 Å². The fourth-order valence-corrected chi connectivity index (χ4v) is 3.81. The first kappa shape index (κ1) is 10.7. The van der Waals surface area contributed by atoms with Crippen molar-refractivity contribution in [1.29, 1.82) is 0 Å². The highest BCUT2D eigenvalue weighted by atomic mass is 32.1. The number of fused-ring (bicyclic) bond motifs is 3. The number of rotatable bonds is 2. The van der Waals surface area contributed by atoms with Crippen LogP contribution in [0.2, 0.25) is 0 Å². The first-order valence-electron chi connectivity index (χ1n) is 6.53. The summed E-state index contributed by atoms with van der Waals surface area (Å²) >= 11 is 1.67. The van der Waals surface area contributed by atoms with E-state index in [-0.39, 0.29) is 5.56 Å². The zero-order valence-electron chi connectivity index (χ0n) is 10.1. The zero-order valence-corrected chi connectivity index (χ0v) is 10.9. The highest BCUT2D eigenvalue weighted by molar-refractivity contribution is 7.18. The molecular weight excluding hydrogens is 246 g/mol. The number of hydrogen-bond donors (Lipinski definition) is 1. The van der Waals surface area contributed by atoms with Gasteiger partial charge in [0, 0.05) is 18.0 Å². The molecule has 1 saturated carbocycles. The highest BCUT2D eigenvalue weighted by Gasteiger charge is 2.24. The van der Waals surface area contributed by atoms with E-state index in [4.69, 9.17) is 0 Å². The van der Waals surface area contributed by atoms with Crippen LogP contribution in [0.1, 0.15) is 23.3 Å². The molecule has 1 fully saturated rings. The van der Waals surface area contributed by atoms with Crippen LogP contribution < -0.4 is 10.9 Å². The Hall–Kier alpha value is -1.20. The van der Waals surface area contributed by atoms with E-state index in [9.17, 15) is 4.79 Å². The van der Waals surface area contributed by atoms with Crippen LogP contribution in [-0.2, 0) is 19.5 Å². The lowest BCUT2D eigenvalue weighted by molar-refractivity contribution is 0.601. The number of thiophene rings is 1. The van der Waals surface area contributed by atoms with Gasteiger partial charge in [0.2, 0.25) is 0 Å². The Morgan fingerprint density at radius 3 is 3.22 bits per heavy atom. The normalized spacial score (nSPS) is 19.1. The van der Waals surface area contributed by atoms with Crippen LogP contribution in [0.5, 0.6) is 0 Å². The van der Waals surface area contributed by atoms with Crippen molar-refractivity contribution < 1.29 is 0 Å². The minimum absolute atomic E-state index is 0.173. The van der Waals surface area contributed by atoms with Crippen molar-refractivity contribution in [3.63, 3.8) is 0 Å². The monoisotopic (exact) mass is 261 g/mol. The van der Waals surface area contributed by atoms with E-state index in [1.165, 1.54) is 23.3 Å². The fourth-order valence-electron chi connectivity index (χ4n) is 2.66. The number of nitrogens with zero attached hydrogens (tertiary/aromatic N) is 2. The van der Waals surface area contributed by atoms with Crippen LogP contribution in [0.25, 0.3) is 10.2 Å². The van der Waals surface area contributed by atoms with Gasteiger partial charge in [-0.15, -0.1) is 11.3 Å². The largest absolute Gasteiger partial charge is 0.312 e. The summed E-state index contributed by atoms with van der Waals surface area (Å²) in [6.45, 7) is 2.71. The standard InChI is InChI=1S/C13H15N3OS/c17-13-11-9-3-4-14-5-10(9)18-12(11)15-7-16(13)6-8-1-2-8/h7-8,14H,1-6H2. The third-order valence-corrected chi connectivity index (χ3v) is 4.99. The summed E-state index contributed by atoms with van der Waals surface area (Å²) < 4.78 is 1.81. The van der Waals surface area contributed by atoms with E-state index in [1.807, 2.05) is 4.57 Å². The Morgan fingerprint density at radius 2 is 2.39 bits per heavy atom. The number of nitrogens with one attached hydrogen (secondary N) is 1. The Balaban J connectivity index is 1.91. The molecule has 0 atom stereocenters. The van der Waals surface area contributed by atoms with Gasteiger partial charge < -0.3 is 5.32 Å². The molecule has 1 aliphatic heterocycles. The van der Waals surface area contributed by atoms with Crippen LogP contribution in [0.4, 0.5) is 0 Å². The molecule has 0 radical (unpaired) electrons. The maximum Gasteiger partial charge on any atom is 0.262 e. The predicted octanol–water partition coefficient (Wildman–Crippen LogP) is 1.51. The first-order chi connectivity index (χ1) is 8.83. The third kappa shape index (κ3) is 1.61. The molecule has 0 saturated heterocycles. The molecular formula is C13H15N3OS. The van der Waals surface area contributed by atoms with Crippen molar-refractivity contribution in [2.75, 3.05) is 6.54 Å². The molecule has 2 aromatic heterocycles. The summed E-state index contributed by atoms with van der Waals surface area (Å²) in [5.74, 6) is 0.707. The molecule has 0 spiro atoms. The van der Waals surface area contributed by atoms with Crippen molar-refractivity contribution in [2.24, 2.45) is 5.92 Å². The Kier molecular flexibility index (Phi) is 2.32. The Bertz CT molecular complexity index is 669. The SMILES string of the molecule is O=c1c2c3c(sc2ncn1CC1CC1)CNCC3. The zero-order chi connectivity index (χ0) is 12.1. The van der Waals surface area contributed by atoms with Gasteiger partial charge in [-0.3, -0.25) is 9.36 Å². The smallest absolute Gasteiger partial charge is 0.262 e. The molecule has 94 valence electrons. The lowest BCUT2D eigenvalue weighted by Crippen LogP contribution is -2.25. The second-order valence-electron chi connectivity index (χ2n) is 5.26. The lowest BCUT2D eigenvalue weighted by Gasteiger charge is -2.12. The molecule has 3 heterocycles. The molecule has 0 amide bonds. The van der Waals surface area contributed by atoms with E-state index in [1.54, 1.807) is 17.7 Å². The van der Waals surface area contributed by atoms with Crippen molar-refractivity contribution in [3.8, 4) is 0 Å². The average Bonchev–Trinajstić information content (AvgIpc) is 3.11. The van der Waals surface area contributed by atoms with E-state index in [0.717, 1.165) is 36.3 Å². The minimum Gasteiger partial charge on any atom is -0.312 e. The second kappa shape index (κ2) is 3.90. The molecule has 18 heavy (non-hydrogen) atoms. The second-order valence-corrected chi connectivity index (χ2v) is 6.34.